The molecule has 2 saturated heterocycles. The van der Waals surface area contributed by atoms with Gasteiger partial charge in [0.15, 0.2) is 48.4 Å². The Balaban J connectivity index is 1.45. The van der Waals surface area contributed by atoms with Crippen molar-refractivity contribution < 1.29 is 81.2 Å². The molecule has 5 rings (SSSR count). The van der Waals surface area contributed by atoms with Gasteiger partial charge in [0.2, 0.25) is 12.7 Å². The van der Waals surface area contributed by atoms with Crippen LogP contribution in [0.15, 0.2) is 23.2 Å². The summed E-state index contributed by atoms with van der Waals surface area (Å²) >= 11 is 0. The topological polar surface area (TPSA) is 219 Å². The van der Waals surface area contributed by atoms with E-state index >= 15 is 0 Å². The molecule has 0 radical (unpaired) electrons. The van der Waals surface area contributed by atoms with Gasteiger partial charge in [-0.1, -0.05) is 0 Å². The molecule has 0 unspecified atom stereocenters. The maximum Gasteiger partial charge on any atom is 0.303 e. The fraction of sp³-hybridized carbons (Fsp3) is 0.600. The molecule has 0 aliphatic carbocycles. The molecule has 262 valence electrons. The van der Waals surface area contributed by atoms with Crippen LogP contribution >= 0.6 is 0 Å². The summed E-state index contributed by atoms with van der Waals surface area (Å²) in [7, 11) is 0. The molecule has 4 heterocycles. The van der Waals surface area contributed by atoms with E-state index in [1.165, 1.54) is 6.92 Å². The Bertz CT molecular complexity index is 1450. The van der Waals surface area contributed by atoms with E-state index in [0.717, 1.165) is 27.7 Å². The maximum atomic E-state index is 12.3. The highest BCUT2D eigenvalue weighted by Crippen LogP contribution is 2.38. The minimum absolute atomic E-state index is 0.0509. The summed E-state index contributed by atoms with van der Waals surface area (Å²) in [5.74, 6) is -2.76. The van der Waals surface area contributed by atoms with Crippen LogP contribution in [0, 0.1) is 0 Å². The van der Waals surface area contributed by atoms with E-state index in [2.05, 4.69) is 4.99 Å². The molecule has 0 saturated carbocycles. The van der Waals surface area contributed by atoms with Gasteiger partial charge in [-0.3, -0.25) is 24.0 Å². The molecule has 1 aromatic rings. The highest BCUT2D eigenvalue weighted by molar-refractivity contribution is 5.96. The van der Waals surface area contributed by atoms with Crippen molar-refractivity contribution in [3.63, 3.8) is 0 Å². The van der Waals surface area contributed by atoms with E-state index in [1.54, 1.807) is 18.2 Å². The van der Waals surface area contributed by atoms with Gasteiger partial charge in [-0.05, 0) is 18.2 Å². The number of hydrogen-bond donors (Lipinski definition) is 1. The summed E-state index contributed by atoms with van der Waals surface area (Å²) < 4.78 is 61.7. The van der Waals surface area contributed by atoms with Crippen LogP contribution in [0.1, 0.15) is 40.2 Å². The normalized spacial score (nSPS) is 31.8. The van der Waals surface area contributed by atoms with Crippen molar-refractivity contribution >= 4 is 35.7 Å². The largest absolute Gasteiger partial charge is 0.466 e. The second kappa shape index (κ2) is 14.7. The minimum Gasteiger partial charge on any atom is -0.466 e. The van der Waals surface area contributed by atoms with Crippen LogP contribution in [0.4, 0.5) is 0 Å². The number of aliphatic hydroxyl groups excluding tert-OH is 1. The molecule has 1 aromatic carbocycles. The zero-order valence-corrected chi connectivity index (χ0v) is 26.6. The SMILES string of the molecule is CC(=O)OC[C@H]1O[C@@H]2N=C(c3ccc4c(c3)OCO4)O[C@@H]2[C@@H](O)[C@@H]1O[C@@H]1O[C@H](COC(C)=O)[C@@H](OC(C)=O)[C@H](OC(C)=O)[C@H]1OC(C)=O. The maximum absolute atomic E-state index is 12.3. The average molecular weight is 682 g/mol. The molecule has 18 nitrogen and oxygen atoms in total. The Morgan fingerprint density at radius 3 is 1.96 bits per heavy atom. The number of nitrogens with zero attached hydrogens (tertiary/aromatic N) is 1. The number of carbonyl (C=O) groups is 5. The van der Waals surface area contributed by atoms with Crippen molar-refractivity contribution in [3.05, 3.63) is 23.8 Å². The quantitative estimate of drug-likeness (QED) is 0.247. The average Bonchev–Trinajstić information content (AvgIpc) is 3.65. The standard InChI is InChI=1S/C30H35NO17/c1-12(32)38-9-20-23(22(37)25-29(45-20)31-28(47-25)17-6-7-18-19(8-17)41-11-40-18)48-30-27(44-16(5)36)26(43-15(4)35)24(42-14(3)34)21(46-30)10-39-13(2)33/h6-8,20-27,29-30,37H,9-11H2,1-5H3/t20-,21-,22+,23-,24-,25-,26+,27-,29+,30+/m1/s1. The summed E-state index contributed by atoms with van der Waals surface area (Å²) in [6.07, 6.45) is -13.9. The number of carbonyl (C=O) groups excluding carboxylic acids is 5. The van der Waals surface area contributed by atoms with E-state index < -0.39 is 104 Å². The Morgan fingerprint density at radius 1 is 0.750 bits per heavy atom. The number of ether oxygens (including phenoxy) is 11. The fourth-order valence-corrected chi connectivity index (χ4v) is 5.54. The van der Waals surface area contributed by atoms with Gasteiger partial charge in [-0.2, -0.15) is 0 Å². The van der Waals surface area contributed by atoms with E-state index in [9.17, 15) is 29.1 Å². The number of aliphatic imine (C=N–C) groups is 1. The van der Waals surface area contributed by atoms with E-state index in [-0.39, 0.29) is 12.7 Å². The summed E-state index contributed by atoms with van der Waals surface area (Å²) in [5.41, 5.74) is 0.498. The summed E-state index contributed by atoms with van der Waals surface area (Å²) in [5, 5.41) is 11.6. The minimum atomic E-state index is -1.67. The molecule has 0 aromatic heterocycles. The zero-order chi connectivity index (χ0) is 34.7. The number of hydrogen-bond acceptors (Lipinski definition) is 18. The van der Waals surface area contributed by atoms with Crippen LogP contribution < -0.4 is 9.47 Å². The molecule has 4 aliphatic rings. The molecular formula is C30H35NO17. The van der Waals surface area contributed by atoms with E-state index in [1.807, 2.05) is 0 Å². The first-order valence-electron chi connectivity index (χ1n) is 14.9. The first-order chi connectivity index (χ1) is 22.8. The molecule has 1 N–H and O–H groups in total. The van der Waals surface area contributed by atoms with Gasteiger partial charge in [0.25, 0.3) is 0 Å². The van der Waals surface area contributed by atoms with Crippen molar-refractivity contribution in [3.8, 4) is 11.5 Å². The Kier molecular flexibility index (Phi) is 10.7. The van der Waals surface area contributed by atoms with E-state index in [4.69, 9.17) is 52.1 Å². The van der Waals surface area contributed by atoms with Gasteiger partial charge >= 0.3 is 29.8 Å². The number of esters is 5. The first kappa shape index (κ1) is 34.8. The second-order valence-corrected chi connectivity index (χ2v) is 11.1. The van der Waals surface area contributed by atoms with Gasteiger partial charge in [0.05, 0.1) is 0 Å². The number of benzene rings is 1. The molecule has 2 fully saturated rings. The van der Waals surface area contributed by atoms with Gasteiger partial charge < -0.3 is 57.2 Å². The van der Waals surface area contributed by atoms with Crippen LogP contribution in [0.5, 0.6) is 11.5 Å². The first-order valence-corrected chi connectivity index (χ1v) is 14.9. The van der Waals surface area contributed by atoms with Gasteiger partial charge in [-0.15, -0.1) is 0 Å². The highest BCUT2D eigenvalue weighted by atomic mass is 16.8. The Morgan fingerprint density at radius 2 is 1.33 bits per heavy atom. The lowest BCUT2D eigenvalue weighted by atomic mass is 9.96. The van der Waals surface area contributed by atoms with Crippen LogP contribution in [0.2, 0.25) is 0 Å². The predicted molar refractivity (Wildman–Crippen MR) is 152 cm³/mol. The van der Waals surface area contributed by atoms with Gasteiger partial charge in [0, 0.05) is 40.2 Å². The zero-order valence-electron chi connectivity index (χ0n) is 26.6. The van der Waals surface area contributed by atoms with Crippen molar-refractivity contribution in [1.82, 2.24) is 0 Å². The lowest BCUT2D eigenvalue weighted by molar-refractivity contribution is -0.342. The Hall–Kier alpha value is -4.52. The fourth-order valence-electron chi connectivity index (χ4n) is 5.54. The van der Waals surface area contributed by atoms with E-state index in [0.29, 0.717) is 17.1 Å². The second-order valence-electron chi connectivity index (χ2n) is 11.1. The molecular weight excluding hydrogens is 646 g/mol. The van der Waals surface area contributed by atoms with Crippen molar-refractivity contribution in [1.29, 1.82) is 0 Å². The molecule has 10 atom stereocenters. The Labute approximate surface area is 273 Å². The number of rotatable bonds is 10. The summed E-state index contributed by atoms with van der Waals surface area (Å²) in [6.45, 7) is 4.67. The summed E-state index contributed by atoms with van der Waals surface area (Å²) in [4.78, 5) is 64.5. The van der Waals surface area contributed by atoms with Crippen LogP contribution in [0.3, 0.4) is 0 Å². The van der Waals surface area contributed by atoms with Gasteiger partial charge in [0.1, 0.15) is 37.6 Å². The number of aliphatic hydroxyl groups is 1. The lowest BCUT2D eigenvalue weighted by Crippen LogP contribution is -2.66. The molecule has 0 amide bonds. The highest BCUT2D eigenvalue weighted by Gasteiger charge is 2.57. The summed E-state index contributed by atoms with van der Waals surface area (Å²) in [6, 6.07) is 4.99. The van der Waals surface area contributed by atoms with Gasteiger partial charge in [-0.25, -0.2) is 4.99 Å². The van der Waals surface area contributed by atoms with Crippen molar-refractivity contribution in [2.75, 3.05) is 20.0 Å². The lowest BCUT2D eigenvalue weighted by Gasteiger charge is -2.47. The monoisotopic (exact) mass is 681 g/mol. The van der Waals surface area contributed by atoms with Crippen LogP contribution in [-0.4, -0.2) is 122 Å². The molecule has 0 bridgehead atoms. The van der Waals surface area contributed by atoms with Crippen LogP contribution in [0.25, 0.3) is 0 Å². The third-order valence-corrected chi connectivity index (χ3v) is 7.44. The van der Waals surface area contributed by atoms with Crippen molar-refractivity contribution in [2.24, 2.45) is 4.99 Å². The third-order valence-electron chi connectivity index (χ3n) is 7.44. The molecule has 18 heteroatoms. The smallest absolute Gasteiger partial charge is 0.303 e. The molecule has 0 spiro atoms. The van der Waals surface area contributed by atoms with Crippen molar-refractivity contribution in [2.45, 2.75) is 96.0 Å². The molecule has 4 aliphatic heterocycles. The predicted octanol–water partition coefficient (Wildman–Crippen LogP) is -0.322. The number of fused-ring (bicyclic) bond motifs is 2. The molecule has 48 heavy (non-hydrogen) atoms. The van der Waals surface area contributed by atoms with Crippen LogP contribution in [-0.2, 0) is 66.6 Å². The third kappa shape index (κ3) is 7.95.